The Hall–Kier alpha value is -1.24. The minimum absolute atomic E-state index is 0.431. The standard InChI is InChI=1S/C10H10ClF2NO3/c11-7-2-8(12)6(1-9(7)13)10(17)14-5(3-15)4-16/h1-2,5,15-16H,3-4H2,(H,14,17). The molecule has 1 aromatic carbocycles. The van der Waals surface area contributed by atoms with Crippen LogP contribution in [0.2, 0.25) is 5.02 Å². The number of rotatable bonds is 4. The molecule has 0 fully saturated rings. The topological polar surface area (TPSA) is 69.6 Å². The smallest absolute Gasteiger partial charge is 0.254 e. The normalized spacial score (nSPS) is 10.7. The summed E-state index contributed by atoms with van der Waals surface area (Å²) >= 11 is 5.32. The number of aliphatic hydroxyl groups is 2. The van der Waals surface area contributed by atoms with Crippen LogP contribution in [0.25, 0.3) is 0 Å². The maximum absolute atomic E-state index is 13.3. The van der Waals surface area contributed by atoms with E-state index in [0.29, 0.717) is 12.1 Å². The summed E-state index contributed by atoms with van der Waals surface area (Å²) in [6.07, 6.45) is 0. The van der Waals surface area contributed by atoms with E-state index >= 15 is 0 Å². The Bertz CT molecular complexity index is 424. The van der Waals surface area contributed by atoms with Gasteiger partial charge in [0.15, 0.2) is 0 Å². The van der Waals surface area contributed by atoms with Crippen LogP contribution in [0, 0.1) is 11.6 Å². The fourth-order valence-corrected chi connectivity index (χ4v) is 1.26. The monoisotopic (exact) mass is 265 g/mol. The fourth-order valence-electron chi connectivity index (χ4n) is 1.11. The van der Waals surface area contributed by atoms with Gasteiger partial charge in [0.2, 0.25) is 0 Å². The third-order valence-electron chi connectivity index (χ3n) is 2.03. The van der Waals surface area contributed by atoms with Gasteiger partial charge in [0.25, 0.3) is 5.91 Å². The van der Waals surface area contributed by atoms with E-state index in [9.17, 15) is 13.6 Å². The zero-order valence-corrected chi connectivity index (χ0v) is 9.34. The summed E-state index contributed by atoms with van der Waals surface area (Å²) in [5, 5.41) is 19.2. The Morgan fingerprint density at radius 2 is 1.88 bits per heavy atom. The molecule has 0 aliphatic heterocycles. The van der Waals surface area contributed by atoms with E-state index in [-0.39, 0.29) is 0 Å². The number of carbonyl (C=O) groups excluding carboxylic acids is 1. The highest BCUT2D eigenvalue weighted by molar-refractivity contribution is 6.30. The molecular weight excluding hydrogens is 256 g/mol. The first kappa shape index (κ1) is 13.8. The Morgan fingerprint density at radius 1 is 1.29 bits per heavy atom. The minimum Gasteiger partial charge on any atom is -0.394 e. The average Bonchev–Trinajstić information content (AvgIpc) is 2.30. The highest BCUT2D eigenvalue weighted by atomic mass is 35.5. The summed E-state index contributed by atoms with van der Waals surface area (Å²) in [7, 11) is 0. The average molecular weight is 266 g/mol. The lowest BCUT2D eigenvalue weighted by molar-refractivity contribution is 0.0875. The first-order valence-corrected chi connectivity index (χ1v) is 5.04. The molecule has 0 unspecified atom stereocenters. The lowest BCUT2D eigenvalue weighted by Gasteiger charge is -2.13. The van der Waals surface area contributed by atoms with Crippen LogP contribution in [-0.4, -0.2) is 35.4 Å². The Kier molecular flexibility index (Phi) is 4.80. The van der Waals surface area contributed by atoms with E-state index in [1.807, 2.05) is 0 Å². The van der Waals surface area contributed by atoms with Crippen molar-refractivity contribution in [1.82, 2.24) is 5.32 Å². The van der Waals surface area contributed by atoms with Crippen LogP contribution in [0.5, 0.6) is 0 Å². The SMILES string of the molecule is O=C(NC(CO)CO)c1cc(F)c(Cl)cc1F. The lowest BCUT2D eigenvalue weighted by Crippen LogP contribution is -2.40. The zero-order chi connectivity index (χ0) is 13.0. The number of hydrogen-bond acceptors (Lipinski definition) is 3. The van der Waals surface area contributed by atoms with E-state index in [0.717, 1.165) is 0 Å². The van der Waals surface area contributed by atoms with Crippen LogP contribution in [-0.2, 0) is 0 Å². The van der Waals surface area contributed by atoms with E-state index in [4.69, 9.17) is 21.8 Å². The van der Waals surface area contributed by atoms with E-state index in [1.165, 1.54) is 0 Å². The van der Waals surface area contributed by atoms with E-state index in [1.54, 1.807) is 0 Å². The fraction of sp³-hybridized carbons (Fsp3) is 0.300. The van der Waals surface area contributed by atoms with Gasteiger partial charge < -0.3 is 15.5 Å². The molecule has 0 aromatic heterocycles. The number of aliphatic hydroxyl groups excluding tert-OH is 2. The Labute approximate surface area is 101 Å². The molecule has 0 aliphatic carbocycles. The molecule has 1 amide bonds. The minimum atomic E-state index is -0.983. The van der Waals surface area contributed by atoms with Gasteiger partial charge >= 0.3 is 0 Å². The van der Waals surface area contributed by atoms with Gasteiger partial charge in [0, 0.05) is 0 Å². The molecule has 4 nitrogen and oxygen atoms in total. The first-order valence-electron chi connectivity index (χ1n) is 4.66. The van der Waals surface area contributed by atoms with Crippen LogP contribution in [0.3, 0.4) is 0 Å². The molecule has 17 heavy (non-hydrogen) atoms. The van der Waals surface area contributed by atoms with Gasteiger partial charge in [-0.2, -0.15) is 0 Å². The molecule has 0 spiro atoms. The summed E-state index contributed by atoms with van der Waals surface area (Å²) in [5.74, 6) is -2.85. The van der Waals surface area contributed by atoms with Crippen LogP contribution < -0.4 is 5.32 Å². The van der Waals surface area contributed by atoms with Crippen molar-refractivity contribution in [1.29, 1.82) is 0 Å². The van der Waals surface area contributed by atoms with Crippen LogP contribution >= 0.6 is 11.6 Å². The van der Waals surface area contributed by atoms with Gasteiger partial charge in [-0.3, -0.25) is 4.79 Å². The Balaban J connectivity index is 2.93. The largest absolute Gasteiger partial charge is 0.394 e. The molecule has 0 atom stereocenters. The molecule has 7 heteroatoms. The van der Waals surface area contributed by atoms with Gasteiger partial charge in [-0.1, -0.05) is 11.6 Å². The van der Waals surface area contributed by atoms with Crippen LogP contribution in [0.4, 0.5) is 8.78 Å². The molecule has 3 N–H and O–H groups in total. The van der Waals surface area contributed by atoms with Crippen LogP contribution in [0.1, 0.15) is 10.4 Å². The molecule has 0 bridgehead atoms. The highest BCUT2D eigenvalue weighted by Crippen LogP contribution is 2.19. The van der Waals surface area contributed by atoms with Gasteiger partial charge in [0.1, 0.15) is 11.6 Å². The molecule has 1 rings (SSSR count). The van der Waals surface area contributed by atoms with Crippen molar-refractivity contribution in [3.63, 3.8) is 0 Å². The lowest BCUT2D eigenvalue weighted by atomic mass is 10.1. The summed E-state index contributed by atoms with van der Waals surface area (Å²) < 4.78 is 26.3. The van der Waals surface area contributed by atoms with Gasteiger partial charge in [-0.05, 0) is 12.1 Å². The van der Waals surface area contributed by atoms with E-state index < -0.39 is 47.4 Å². The van der Waals surface area contributed by atoms with Crippen molar-refractivity contribution in [2.75, 3.05) is 13.2 Å². The number of benzene rings is 1. The zero-order valence-electron chi connectivity index (χ0n) is 8.58. The van der Waals surface area contributed by atoms with Gasteiger partial charge in [-0.25, -0.2) is 8.78 Å². The second-order valence-electron chi connectivity index (χ2n) is 3.28. The third kappa shape index (κ3) is 3.36. The predicted octanol–water partition coefficient (Wildman–Crippen LogP) is 0.701. The molecular formula is C10H10ClF2NO3. The number of halogens is 3. The molecule has 94 valence electrons. The maximum atomic E-state index is 13.3. The number of nitrogens with one attached hydrogen (secondary N) is 1. The van der Waals surface area contributed by atoms with E-state index in [2.05, 4.69) is 5.32 Å². The molecule has 0 heterocycles. The van der Waals surface area contributed by atoms with Gasteiger partial charge in [0.05, 0.1) is 29.8 Å². The summed E-state index contributed by atoms with van der Waals surface area (Å²) in [6, 6.07) is 0.401. The first-order chi connectivity index (χ1) is 7.99. The van der Waals surface area contributed by atoms with Gasteiger partial charge in [-0.15, -0.1) is 0 Å². The van der Waals surface area contributed by atoms with Crippen molar-refractivity contribution in [2.24, 2.45) is 0 Å². The number of carbonyl (C=O) groups is 1. The van der Waals surface area contributed by atoms with Crippen molar-refractivity contribution in [2.45, 2.75) is 6.04 Å². The predicted molar refractivity (Wildman–Crippen MR) is 56.8 cm³/mol. The maximum Gasteiger partial charge on any atom is 0.254 e. The van der Waals surface area contributed by atoms with Crippen molar-refractivity contribution in [3.05, 3.63) is 34.4 Å². The molecule has 0 saturated heterocycles. The number of amides is 1. The summed E-state index contributed by atoms with van der Waals surface area (Å²) in [6.45, 7) is -1.03. The van der Waals surface area contributed by atoms with Crippen molar-refractivity contribution < 1.29 is 23.8 Å². The van der Waals surface area contributed by atoms with Crippen LogP contribution in [0.15, 0.2) is 12.1 Å². The highest BCUT2D eigenvalue weighted by Gasteiger charge is 2.18. The number of hydrogen-bond donors (Lipinski definition) is 3. The van der Waals surface area contributed by atoms with Crippen molar-refractivity contribution >= 4 is 17.5 Å². The molecule has 0 saturated carbocycles. The summed E-state index contributed by atoms with van der Waals surface area (Å²) in [5.41, 5.74) is -0.543. The summed E-state index contributed by atoms with van der Waals surface area (Å²) in [4.78, 5) is 11.5. The quantitative estimate of drug-likeness (QED) is 0.702. The Morgan fingerprint density at radius 3 is 2.41 bits per heavy atom. The second-order valence-corrected chi connectivity index (χ2v) is 3.69. The molecule has 1 aromatic rings. The molecule has 0 radical (unpaired) electrons. The van der Waals surface area contributed by atoms with Crippen molar-refractivity contribution in [3.8, 4) is 0 Å². The molecule has 0 aliphatic rings. The third-order valence-corrected chi connectivity index (χ3v) is 2.32. The second kappa shape index (κ2) is 5.90.